The molecule has 0 aromatic heterocycles. The van der Waals surface area contributed by atoms with E-state index in [-0.39, 0.29) is 11.7 Å². The van der Waals surface area contributed by atoms with Crippen LogP contribution in [0.1, 0.15) is 15.9 Å². The number of hydrogen-bond acceptors (Lipinski definition) is 2. The zero-order valence-electron chi connectivity index (χ0n) is 10.5. The van der Waals surface area contributed by atoms with E-state index in [9.17, 15) is 9.90 Å². The van der Waals surface area contributed by atoms with Crippen LogP contribution < -0.4 is 0 Å². The van der Waals surface area contributed by atoms with Crippen molar-refractivity contribution < 1.29 is 9.90 Å². The Labute approximate surface area is 120 Å². The van der Waals surface area contributed by atoms with Gasteiger partial charge in [0.05, 0.1) is 0 Å². The first kappa shape index (κ1) is 13.6. The van der Waals surface area contributed by atoms with Gasteiger partial charge in [0, 0.05) is 29.2 Å². The largest absolute Gasteiger partial charge is 0.508 e. The molecular formula is C15H14BrNO2. The minimum absolute atomic E-state index is 0.0734. The zero-order chi connectivity index (χ0) is 13.8. The first-order valence-electron chi connectivity index (χ1n) is 5.86. The molecule has 0 aliphatic rings. The molecule has 1 amide bonds. The predicted octanol–water partition coefficient (Wildman–Crippen LogP) is 3.43. The molecular weight excluding hydrogens is 306 g/mol. The molecule has 4 heteroatoms. The summed E-state index contributed by atoms with van der Waals surface area (Å²) in [4.78, 5) is 13.8. The maximum Gasteiger partial charge on any atom is 0.253 e. The van der Waals surface area contributed by atoms with E-state index in [0.29, 0.717) is 12.1 Å². The van der Waals surface area contributed by atoms with Gasteiger partial charge in [-0.3, -0.25) is 4.79 Å². The predicted molar refractivity (Wildman–Crippen MR) is 78.0 cm³/mol. The Morgan fingerprint density at radius 2 is 1.79 bits per heavy atom. The van der Waals surface area contributed by atoms with Gasteiger partial charge in [-0.2, -0.15) is 0 Å². The number of benzene rings is 2. The number of phenolic OH excluding ortho intramolecular Hbond substituents is 1. The van der Waals surface area contributed by atoms with Crippen LogP contribution in [-0.2, 0) is 6.54 Å². The molecule has 0 unspecified atom stereocenters. The van der Waals surface area contributed by atoms with Gasteiger partial charge >= 0.3 is 0 Å². The average molecular weight is 320 g/mol. The van der Waals surface area contributed by atoms with Crippen molar-refractivity contribution in [2.75, 3.05) is 7.05 Å². The van der Waals surface area contributed by atoms with Crippen LogP contribution in [0.2, 0.25) is 0 Å². The maximum atomic E-state index is 12.2. The van der Waals surface area contributed by atoms with E-state index in [1.165, 1.54) is 0 Å². The molecule has 0 bridgehead atoms. The van der Waals surface area contributed by atoms with Gasteiger partial charge in [0.1, 0.15) is 5.75 Å². The zero-order valence-corrected chi connectivity index (χ0v) is 12.1. The fourth-order valence-electron chi connectivity index (χ4n) is 1.78. The molecule has 0 spiro atoms. The number of hydrogen-bond donors (Lipinski definition) is 1. The Hall–Kier alpha value is -1.81. The highest BCUT2D eigenvalue weighted by molar-refractivity contribution is 9.10. The van der Waals surface area contributed by atoms with Crippen LogP contribution in [0, 0.1) is 0 Å². The number of nitrogens with zero attached hydrogens (tertiary/aromatic N) is 1. The topological polar surface area (TPSA) is 40.5 Å². The molecule has 19 heavy (non-hydrogen) atoms. The lowest BCUT2D eigenvalue weighted by molar-refractivity contribution is 0.0784. The molecule has 0 atom stereocenters. The molecule has 2 rings (SSSR count). The normalized spacial score (nSPS) is 10.2. The summed E-state index contributed by atoms with van der Waals surface area (Å²) in [6, 6.07) is 14.2. The Morgan fingerprint density at radius 1 is 1.16 bits per heavy atom. The SMILES string of the molecule is CN(Cc1ccccc1O)C(=O)c1ccc(Br)cc1. The quantitative estimate of drug-likeness (QED) is 0.941. The highest BCUT2D eigenvalue weighted by Crippen LogP contribution is 2.18. The summed E-state index contributed by atoms with van der Waals surface area (Å²) in [7, 11) is 1.72. The van der Waals surface area contributed by atoms with Gasteiger partial charge in [0.25, 0.3) is 5.91 Å². The number of halogens is 1. The minimum atomic E-state index is -0.0734. The van der Waals surface area contributed by atoms with Crippen molar-refractivity contribution in [3.8, 4) is 5.75 Å². The van der Waals surface area contributed by atoms with E-state index < -0.39 is 0 Å². The van der Waals surface area contributed by atoms with Crippen molar-refractivity contribution in [1.29, 1.82) is 0 Å². The van der Waals surface area contributed by atoms with Gasteiger partial charge < -0.3 is 10.0 Å². The monoisotopic (exact) mass is 319 g/mol. The second-order valence-corrected chi connectivity index (χ2v) is 5.21. The molecule has 1 N–H and O–H groups in total. The Kier molecular flexibility index (Phi) is 4.22. The van der Waals surface area contributed by atoms with Crippen molar-refractivity contribution >= 4 is 21.8 Å². The van der Waals surface area contributed by atoms with E-state index in [4.69, 9.17) is 0 Å². The van der Waals surface area contributed by atoms with Crippen molar-refractivity contribution in [1.82, 2.24) is 4.90 Å². The summed E-state index contributed by atoms with van der Waals surface area (Å²) in [5.74, 6) is 0.133. The van der Waals surface area contributed by atoms with Gasteiger partial charge in [-0.15, -0.1) is 0 Å². The van der Waals surface area contributed by atoms with E-state index >= 15 is 0 Å². The van der Waals surface area contributed by atoms with Crippen LogP contribution in [0.4, 0.5) is 0 Å². The van der Waals surface area contributed by atoms with Gasteiger partial charge in [0.2, 0.25) is 0 Å². The minimum Gasteiger partial charge on any atom is -0.508 e. The summed E-state index contributed by atoms with van der Waals surface area (Å²) < 4.78 is 0.937. The molecule has 0 fully saturated rings. The van der Waals surface area contributed by atoms with E-state index in [1.807, 2.05) is 18.2 Å². The average Bonchev–Trinajstić information content (AvgIpc) is 2.41. The van der Waals surface area contributed by atoms with Gasteiger partial charge in [-0.05, 0) is 30.3 Å². The van der Waals surface area contributed by atoms with Crippen LogP contribution in [0.25, 0.3) is 0 Å². The van der Waals surface area contributed by atoms with Crippen molar-refractivity contribution in [2.24, 2.45) is 0 Å². The summed E-state index contributed by atoms with van der Waals surface area (Å²) >= 11 is 3.34. The number of amides is 1. The number of phenols is 1. The molecule has 0 saturated heterocycles. The molecule has 0 radical (unpaired) electrons. The van der Waals surface area contributed by atoms with Crippen LogP contribution in [-0.4, -0.2) is 23.0 Å². The standard InChI is InChI=1S/C15H14BrNO2/c1-17(10-12-4-2-3-5-14(12)18)15(19)11-6-8-13(16)9-7-11/h2-9,18H,10H2,1H3. The molecule has 0 saturated carbocycles. The van der Waals surface area contributed by atoms with Crippen molar-refractivity contribution in [3.05, 3.63) is 64.1 Å². The number of rotatable bonds is 3. The third-order valence-electron chi connectivity index (χ3n) is 2.84. The van der Waals surface area contributed by atoms with Crippen molar-refractivity contribution in [2.45, 2.75) is 6.54 Å². The number of carbonyl (C=O) groups is 1. The molecule has 2 aromatic rings. The van der Waals surface area contributed by atoms with E-state index in [2.05, 4.69) is 15.9 Å². The maximum absolute atomic E-state index is 12.2. The second-order valence-electron chi connectivity index (χ2n) is 4.30. The van der Waals surface area contributed by atoms with Crippen LogP contribution in [0.3, 0.4) is 0 Å². The molecule has 0 aliphatic carbocycles. The molecule has 3 nitrogen and oxygen atoms in total. The smallest absolute Gasteiger partial charge is 0.253 e. The highest BCUT2D eigenvalue weighted by Gasteiger charge is 2.13. The summed E-state index contributed by atoms with van der Waals surface area (Å²) in [5, 5.41) is 9.70. The lowest BCUT2D eigenvalue weighted by Crippen LogP contribution is -2.26. The first-order valence-corrected chi connectivity index (χ1v) is 6.65. The lowest BCUT2D eigenvalue weighted by atomic mass is 10.1. The van der Waals surface area contributed by atoms with Crippen molar-refractivity contribution in [3.63, 3.8) is 0 Å². The fraction of sp³-hybridized carbons (Fsp3) is 0.133. The molecule has 0 heterocycles. The third-order valence-corrected chi connectivity index (χ3v) is 3.37. The number of carbonyl (C=O) groups excluding carboxylic acids is 1. The summed E-state index contributed by atoms with van der Waals surface area (Å²) in [6.45, 7) is 0.377. The lowest BCUT2D eigenvalue weighted by Gasteiger charge is -2.18. The van der Waals surface area contributed by atoms with Gasteiger partial charge in [0.15, 0.2) is 0 Å². The Morgan fingerprint density at radius 3 is 2.42 bits per heavy atom. The summed E-state index contributed by atoms with van der Waals surface area (Å²) in [6.07, 6.45) is 0. The molecule has 2 aromatic carbocycles. The Balaban J connectivity index is 2.12. The van der Waals surface area contributed by atoms with Crippen LogP contribution >= 0.6 is 15.9 Å². The highest BCUT2D eigenvalue weighted by atomic mass is 79.9. The second kappa shape index (κ2) is 5.89. The van der Waals surface area contributed by atoms with Crippen LogP contribution in [0.5, 0.6) is 5.75 Å². The van der Waals surface area contributed by atoms with Gasteiger partial charge in [-0.25, -0.2) is 0 Å². The number of aromatic hydroxyl groups is 1. The Bertz CT molecular complexity index is 581. The fourth-order valence-corrected chi connectivity index (χ4v) is 2.05. The first-order chi connectivity index (χ1) is 9.08. The van der Waals surface area contributed by atoms with E-state index in [1.54, 1.807) is 42.3 Å². The van der Waals surface area contributed by atoms with Gasteiger partial charge in [-0.1, -0.05) is 34.1 Å². The van der Waals surface area contributed by atoms with Crippen LogP contribution in [0.15, 0.2) is 53.0 Å². The number of para-hydroxylation sites is 1. The van der Waals surface area contributed by atoms with E-state index in [0.717, 1.165) is 10.0 Å². The molecule has 0 aliphatic heterocycles. The third kappa shape index (κ3) is 3.35. The molecule has 98 valence electrons. The summed E-state index contributed by atoms with van der Waals surface area (Å²) in [5.41, 5.74) is 1.36.